The quantitative estimate of drug-likeness (QED) is 0.556. The molecule has 0 rings (SSSR count). The first-order valence-corrected chi connectivity index (χ1v) is 5.44. The maximum Gasteiger partial charge on any atom is 0.218 e. The number of carbonyl (C=O) groups is 1. The molecule has 0 aromatic carbocycles. The molecule has 0 fully saturated rings. The van der Waals surface area contributed by atoms with Crippen molar-refractivity contribution in [3.05, 3.63) is 0 Å². The number of nitrogens with zero attached hydrogens (tertiary/aromatic N) is 2. The van der Waals surface area contributed by atoms with Crippen molar-refractivity contribution in [2.24, 2.45) is 5.16 Å². The van der Waals surface area contributed by atoms with E-state index < -0.39 is 0 Å². The van der Waals surface area contributed by atoms with Gasteiger partial charge in [0.25, 0.3) is 0 Å². The third kappa shape index (κ3) is 39.7. The van der Waals surface area contributed by atoms with Gasteiger partial charge in [-0.1, -0.05) is 5.16 Å². The van der Waals surface area contributed by atoms with E-state index >= 15 is 0 Å². The van der Waals surface area contributed by atoms with Crippen LogP contribution in [0.4, 0.5) is 0 Å². The van der Waals surface area contributed by atoms with Crippen LogP contribution in [0.1, 0.15) is 34.6 Å². The number of methoxy groups -OCH3 is 1. The predicted octanol–water partition coefficient (Wildman–Crippen LogP) is 2.16. The number of hydrogen-bond acceptors (Lipinski definition) is 4. The number of ether oxygens (including phenoxy) is 1. The highest BCUT2D eigenvalue weighted by molar-refractivity contribution is 5.78. The van der Waals surface area contributed by atoms with Crippen molar-refractivity contribution in [1.82, 2.24) is 4.90 Å². The minimum absolute atomic E-state index is 0.0926. The molecule has 0 aliphatic heterocycles. The van der Waals surface area contributed by atoms with E-state index in [1.54, 1.807) is 21.2 Å². The Bertz CT molecular complexity index is 198. The van der Waals surface area contributed by atoms with Crippen LogP contribution in [0.25, 0.3) is 0 Å². The van der Waals surface area contributed by atoms with Crippen LogP contribution in [0.3, 0.4) is 0 Å². The average molecular weight is 248 g/mol. The van der Waals surface area contributed by atoms with Gasteiger partial charge >= 0.3 is 0 Å². The molecule has 0 saturated heterocycles. The summed E-state index contributed by atoms with van der Waals surface area (Å²) in [4.78, 5) is 16.0. The van der Waals surface area contributed by atoms with Gasteiger partial charge in [0.05, 0.1) is 11.8 Å². The van der Waals surface area contributed by atoms with Crippen molar-refractivity contribution >= 4 is 11.6 Å². The molecule has 0 bridgehead atoms. The number of carbonyl (C=O) groups excluding carboxylic acids is 1. The molecule has 1 amide bonds. The smallest absolute Gasteiger partial charge is 0.218 e. The van der Waals surface area contributed by atoms with Gasteiger partial charge in [-0.3, -0.25) is 4.79 Å². The standard InChI is InChI=1S/2C4H9NO.C4H10O/c1-4(6)5(2)3;1-4(2)5-6-3;1-4(2)5-3/h2*1-3H3;4H,1-3H3. The largest absolute Gasteiger partial charge is 0.399 e. The maximum atomic E-state index is 10.1. The van der Waals surface area contributed by atoms with Crippen molar-refractivity contribution < 1.29 is 14.4 Å². The molecule has 0 heterocycles. The van der Waals surface area contributed by atoms with E-state index in [2.05, 4.69) is 9.99 Å². The van der Waals surface area contributed by atoms with Crippen LogP contribution in [0.2, 0.25) is 0 Å². The molecular weight excluding hydrogens is 220 g/mol. The molecule has 17 heavy (non-hydrogen) atoms. The Hall–Kier alpha value is -1.10. The van der Waals surface area contributed by atoms with Crippen molar-refractivity contribution in [3.63, 3.8) is 0 Å². The predicted molar refractivity (Wildman–Crippen MR) is 72.3 cm³/mol. The monoisotopic (exact) mass is 248 g/mol. The summed E-state index contributed by atoms with van der Waals surface area (Å²) in [5, 5.41) is 3.54. The third-order valence-electron chi connectivity index (χ3n) is 1.38. The Morgan fingerprint density at radius 3 is 1.41 bits per heavy atom. The topological polar surface area (TPSA) is 51.1 Å². The van der Waals surface area contributed by atoms with E-state index in [1.807, 2.05) is 27.7 Å². The molecule has 5 heteroatoms. The number of rotatable bonds is 2. The first-order chi connectivity index (χ1) is 7.68. The van der Waals surface area contributed by atoms with Crippen LogP contribution in [0.15, 0.2) is 5.16 Å². The molecule has 5 nitrogen and oxygen atoms in total. The minimum atomic E-state index is 0.0926. The van der Waals surface area contributed by atoms with Gasteiger partial charge in [-0.25, -0.2) is 0 Å². The summed E-state index contributed by atoms with van der Waals surface area (Å²) < 4.78 is 4.75. The van der Waals surface area contributed by atoms with Gasteiger partial charge in [0.1, 0.15) is 7.11 Å². The zero-order chi connectivity index (χ0) is 14.4. The summed E-state index contributed by atoms with van der Waals surface area (Å²) in [6.07, 6.45) is 0.384. The summed E-state index contributed by atoms with van der Waals surface area (Å²) in [6, 6.07) is 0. The van der Waals surface area contributed by atoms with Crippen molar-refractivity contribution in [1.29, 1.82) is 0 Å². The lowest BCUT2D eigenvalue weighted by molar-refractivity contribution is -0.126. The summed E-state index contributed by atoms with van der Waals surface area (Å²) in [5.41, 5.74) is 0.942. The lowest BCUT2D eigenvalue weighted by Gasteiger charge is -2.02. The molecule has 0 aliphatic carbocycles. The molecule has 104 valence electrons. The van der Waals surface area contributed by atoms with E-state index in [-0.39, 0.29) is 5.91 Å². The normalized spacial score (nSPS) is 8.12. The van der Waals surface area contributed by atoms with E-state index in [1.165, 1.54) is 18.9 Å². The highest BCUT2D eigenvalue weighted by Crippen LogP contribution is 1.77. The fraction of sp³-hybridized carbons (Fsp3) is 0.833. The second-order valence-electron chi connectivity index (χ2n) is 3.92. The highest BCUT2D eigenvalue weighted by Gasteiger charge is 1.87. The Balaban J connectivity index is -0.000000174. The summed E-state index contributed by atoms with van der Waals surface area (Å²) in [5.74, 6) is 0.0926. The summed E-state index contributed by atoms with van der Waals surface area (Å²) >= 11 is 0. The second-order valence-corrected chi connectivity index (χ2v) is 3.92. The first kappa shape index (κ1) is 21.2. The molecular formula is C12H28N2O3. The van der Waals surface area contributed by atoms with E-state index in [9.17, 15) is 4.79 Å². The van der Waals surface area contributed by atoms with Crippen LogP contribution in [-0.2, 0) is 14.4 Å². The van der Waals surface area contributed by atoms with Crippen LogP contribution < -0.4 is 0 Å². The van der Waals surface area contributed by atoms with Gasteiger partial charge in [0, 0.05) is 28.1 Å². The lowest BCUT2D eigenvalue weighted by Crippen LogP contribution is -2.17. The van der Waals surface area contributed by atoms with Crippen LogP contribution >= 0.6 is 0 Å². The van der Waals surface area contributed by atoms with Crippen molar-refractivity contribution in [2.75, 3.05) is 28.3 Å². The molecule has 0 aromatic heterocycles. The van der Waals surface area contributed by atoms with Crippen molar-refractivity contribution in [3.8, 4) is 0 Å². The minimum Gasteiger partial charge on any atom is -0.399 e. The fourth-order valence-electron chi connectivity index (χ4n) is 0.183. The molecule has 0 aromatic rings. The van der Waals surface area contributed by atoms with Gasteiger partial charge in [-0.05, 0) is 27.7 Å². The molecule has 0 unspecified atom stereocenters. The summed E-state index contributed by atoms with van der Waals surface area (Å²) in [6.45, 7) is 9.28. The first-order valence-electron chi connectivity index (χ1n) is 5.44. The van der Waals surface area contributed by atoms with Crippen LogP contribution in [0.5, 0.6) is 0 Å². The second kappa shape index (κ2) is 14.9. The maximum absolute atomic E-state index is 10.1. The Morgan fingerprint density at radius 2 is 1.41 bits per heavy atom. The molecule has 0 saturated carbocycles. The van der Waals surface area contributed by atoms with Gasteiger partial charge in [-0.15, -0.1) is 0 Å². The zero-order valence-corrected chi connectivity index (χ0v) is 12.7. The van der Waals surface area contributed by atoms with Gasteiger partial charge in [0.2, 0.25) is 5.91 Å². The van der Waals surface area contributed by atoms with Gasteiger partial charge < -0.3 is 14.5 Å². The number of amides is 1. The zero-order valence-electron chi connectivity index (χ0n) is 12.7. The lowest BCUT2D eigenvalue weighted by atomic mass is 10.5. The number of oxime groups is 1. The van der Waals surface area contributed by atoms with Gasteiger partial charge in [-0.2, -0.15) is 0 Å². The molecule has 0 atom stereocenters. The number of hydrogen-bond donors (Lipinski definition) is 0. The summed E-state index contributed by atoms with van der Waals surface area (Å²) in [7, 11) is 6.68. The average Bonchev–Trinajstić information content (AvgIpc) is 2.19. The Morgan fingerprint density at radius 1 is 1.12 bits per heavy atom. The van der Waals surface area contributed by atoms with Crippen LogP contribution in [0, 0.1) is 0 Å². The van der Waals surface area contributed by atoms with E-state index in [0.717, 1.165) is 5.71 Å². The molecule has 0 spiro atoms. The SMILES string of the molecule is CC(=O)N(C)C.COC(C)C.CON=C(C)C. The Kier molecular flexibility index (Phi) is 18.6. The van der Waals surface area contributed by atoms with Gasteiger partial charge in [0.15, 0.2) is 0 Å². The highest BCUT2D eigenvalue weighted by atomic mass is 16.6. The third-order valence-corrected chi connectivity index (χ3v) is 1.38. The molecule has 0 radical (unpaired) electrons. The van der Waals surface area contributed by atoms with E-state index in [4.69, 9.17) is 4.74 Å². The van der Waals surface area contributed by atoms with Crippen LogP contribution in [-0.4, -0.2) is 50.9 Å². The van der Waals surface area contributed by atoms with Crippen molar-refractivity contribution in [2.45, 2.75) is 40.7 Å². The Labute approximate surface area is 106 Å². The molecule has 0 aliphatic rings. The van der Waals surface area contributed by atoms with E-state index in [0.29, 0.717) is 6.10 Å². The fourth-order valence-corrected chi connectivity index (χ4v) is 0.183. The molecule has 0 N–H and O–H groups in total.